The largest absolute Gasteiger partial charge is 0.264 e. The van der Waals surface area contributed by atoms with Crippen LogP contribution in [0.2, 0.25) is 0 Å². The quantitative estimate of drug-likeness (QED) is 0.265. The fourth-order valence-corrected chi connectivity index (χ4v) is 4.22. The van der Waals surface area contributed by atoms with Crippen LogP contribution in [0.15, 0.2) is 91.3 Å². The van der Waals surface area contributed by atoms with Gasteiger partial charge in [-0.2, -0.15) is 0 Å². The minimum atomic E-state index is 1.23. The molecule has 1 aromatic heterocycles. The SMILES string of the molecule is Cc1ccccc1-c1c(C)c2ccccc2c2ccccc12.Cc1cncc(C)c1. The van der Waals surface area contributed by atoms with Crippen LogP contribution in [-0.2, 0) is 0 Å². The molecule has 0 aliphatic heterocycles. The smallest absolute Gasteiger partial charge is 0.0297 e. The van der Waals surface area contributed by atoms with Crippen molar-refractivity contribution in [3.8, 4) is 11.1 Å². The van der Waals surface area contributed by atoms with Crippen LogP contribution >= 0.6 is 0 Å². The summed E-state index contributed by atoms with van der Waals surface area (Å²) in [6.45, 7) is 8.52. The molecule has 0 aliphatic carbocycles. The molecule has 0 atom stereocenters. The maximum Gasteiger partial charge on any atom is 0.0297 e. The van der Waals surface area contributed by atoms with Crippen LogP contribution in [0.25, 0.3) is 32.7 Å². The van der Waals surface area contributed by atoms with Crippen molar-refractivity contribution in [3.05, 3.63) is 114 Å². The number of nitrogens with zero attached hydrogens (tertiary/aromatic N) is 1. The summed E-state index contributed by atoms with van der Waals surface area (Å²) in [7, 11) is 0. The van der Waals surface area contributed by atoms with Gasteiger partial charge >= 0.3 is 0 Å². The van der Waals surface area contributed by atoms with E-state index in [1.54, 1.807) is 0 Å². The molecule has 5 rings (SSSR count). The summed E-state index contributed by atoms with van der Waals surface area (Å²) >= 11 is 0. The van der Waals surface area contributed by atoms with E-state index in [2.05, 4.69) is 97.7 Å². The number of hydrogen-bond donors (Lipinski definition) is 0. The molecular weight excluding hydrogens is 362 g/mol. The first kappa shape index (κ1) is 19.8. The first-order chi connectivity index (χ1) is 14.6. The van der Waals surface area contributed by atoms with E-state index in [-0.39, 0.29) is 0 Å². The van der Waals surface area contributed by atoms with Gasteiger partial charge in [0.05, 0.1) is 0 Å². The Bertz CT molecular complexity index is 1310. The molecule has 1 heterocycles. The van der Waals surface area contributed by atoms with Crippen molar-refractivity contribution in [2.75, 3.05) is 0 Å². The van der Waals surface area contributed by atoms with Gasteiger partial charge in [-0.15, -0.1) is 0 Å². The number of rotatable bonds is 1. The van der Waals surface area contributed by atoms with Crippen molar-refractivity contribution in [1.82, 2.24) is 4.98 Å². The predicted molar refractivity (Wildman–Crippen MR) is 130 cm³/mol. The van der Waals surface area contributed by atoms with Crippen molar-refractivity contribution in [1.29, 1.82) is 0 Å². The third-order valence-corrected chi connectivity index (χ3v) is 5.62. The Morgan fingerprint density at radius 1 is 0.533 bits per heavy atom. The average molecular weight is 390 g/mol. The molecule has 0 amide bonds. The van der Waals surface area contributed by atoms with Gasteiger partial charge < -0.3 is 0 Å². The molecule has 0 bridgehead atoms. The van der Waals surface area contributed by atoms with E-state index in [9.17, 15) is 0 Å². The van der Waals surface area contributed by atoms with Gasteiger partial charge in [0, 0.05) is 12.4 Å². The average Bonchev–Trinajstić information content (AvgIpc) is 2.76. The molecule has 148 valence electrons. The highest BCUT2D eigenvalue weighted by atomic mass is 14.6. The van der Waals surface area contributed by atoms with Gasteiger partial charge in [0.1, 0.15) is 0 Å². The van der Waals surface area contributed by atoms with Gasteiger partial charge in [0.25, 0.3) is 0 Å². The molecular formula is C29H27N. The van der Waals surface area contributed by atoms with Crippen molar-refractivity contribution in [3.63, 3.8) is 0 Å². The predicted octanol–water partition coefficient (Wildman–Crippen LogP) is 7.98. The van der Waals surface area contributed by atoms with E-state index >= 15 is 0 Å². The van der Waals surface area contributed by atoms with Crippen LogP contribution in [0.4, 0.5) is 0 Å². The van der Waals surface area contributed by atoms with Crippen LogP contribution in [0.5, 0.6) is 0 Å². The number of pyridine rings is 1. The Morgan fingerprint density at radius 3 is 1.60 bits per heavy atom. The summed E-state index contributed by atoms with van der Waals surface area (Å²) in [5.74, 6) is 0. The lowest BCUT2D eigenvalue weighted by atomic mass is 9.87. The highest BCUT2D eigenvalue weighted by Gasteiger charge is 2.13. The Hall–Kier alpha value is -3.45. The molecule has 1 heteroatoms. The van der Waals surface area contributed by atoms with E-state index < -0.39 is 0 Å². The second-order valence-corrected chi connectivity index (χ2v) is 7.95. The minimum absolute atomic E-state index is 1.23. The lowest BCUT2D eigenvalue weighted by Crippen LogP contribution is -1.91. The van der Waals surface area contributed by atoms with E-state index in [0.29, 0.717) is 0 Å². The topological polar surface area (TPSA) is 12.9 Å². The van der Waals surface area contributed by atoms with Crippen molar-refractivity contribution < 1.29 is 0 Å². The lowest BCUT2D eigenvalue weighted by Gasteiger charge is -2.16. The zero-order chi connectivity index (χ0) is 21.1. The van der Waals surface area contributed by atoms with E-state index in [4.69, 9.17) is 0 Å². The third kappa shape index (κ3) is 3.84. The highest BCUT2D eigenvalue weighted by Crippen LogP contribution is 2.39. The van der Waals surface area contributed by atoms with E-state index in [1.807, 2.05) is 26.2 Å². The Labute approximate surface area is 179 Å². The molecule has 1 nitrogen and oxygen atoms in total. The highest BCUT2D eigenvalue weighted by molar-refractivity contribution is 6.15. The second-order valence-electron chi connectivity index (χ2n) is 7.95. The molecule has 0 spiro atoms. The number of aryl methyl sites for hydroxylation is 4. The van der Waals surface area contributed by atoms with Crippen LogP contribution < -0.4 is 0 Å². The first-order valence-corrected chi connectivity index (χ1v) is 10.4. The van der Waals surface area contributed by atoms with Gasteiger partial charge in [0.15, 0.2) is 0 Å². The molecule has 0 fully saturated rings. The van der Waals surface area contributed by atoms with Crippen LogP contribution in [0.3, 0.4) is 0 Å². The third-order valence-electron chi connectivity index (χ3n) is 5.62. The second kappa shape index (κ2) is 8.51. The van der Waals surface area contributed by atoms with Crippen LogP contribution in [0.1, 0.15) is 22.3 Å². The summed E-state index contributed by atoms with van der Waals surface area (Å²) in [6, 6.07) is 28.2. The number of hydrogen-bond acceptors (Lipinski definition) is 1. The summed E-state index contributed by atoms with van der Waals surface area (Å²) in [5, 5.41) is 5.36. The van der Waals surface area contributed by atoms with Crippen LogP contribution in [0, 0.1) is 27.7 Å². The summed E-state index contributed by atoms with van der Waals surface area (Å²) in [6.07, 6.45) is 3.71. The van der Waals surface area contributed by atoms with Crippen LogP contribution in [-0.4, -0.2) is 4.98 Å². The van der Waals surface area contributed by atoms with Gasteiger partial charge in [-0.05, 0) is 82.6 Å². The molecule has 0 saturated heterocycles. The molecule has 0 saturated carbocycles. The first-order valence-electron chi connectivity index (χ1n) is 10.4. The van der Waals surface area contributed by atoms with Gasteiger partial charge in [-0.3, -0.25) is 4.98 Å². The number of aromatic nitrogens is 1. The fraction of sp³-hybridized carbons (Fsp3) is 0.138. The Balaban J connectivity index is 0.000000230. The molecule has 30 heavy (non-hydrogen) atoms. The molecule has 0 aliphatic rings. The minimum Gasteiger partial charge on any atom is -0.264 e. The van der Waals surface area contributed by atoms with Gasteiger partial charge in [-0.25, -0.2) is 0 Å². The molecule has 0 N–H and O–H groups in total. The zero-order valence-electron chi connectivity index (χ0n) is 18.1. The summed E-state index contributed by atoms with van der Waals surface area (Å²) < 4.78 is 0. The maximum absolute atomic E-state index is 3.98. The molecule has 4 aromatic carbocycles. The maximum atomic E-state index is 3.98. The van der Waals surface area contributed by atoms with Crippen molar-refractivity contribution in [2.24, 2.45) is 0 Å². The standard InChI is InChI=1S/C22H18.C7H9N/c1-15-9-3-4-10-17(15)22-16(2)18-11-5-6-12-19(18)20-13-7-8-14-21(20)22;1-6-3-7(2)5-8-4-6/h3-14H,1-2H3;3-5H,1-2H3. The van der Waals surface area contributed by atoms with Gasteiger partial charge in [0.2, 0.25) is 0 Å². The van der Waals surface area contributed by atoms with Gasteiger partial charge in [-0.1, -0.05) is 78.9 Å². The van der Waals surface area contributed by atoms with Crippen molar-refractivity contribution >= 4 is 21.5 Å². The number of benzene rings is 4. The molecule has 0 radical (unpaired) electrons. The van der Waals surface area contributed by atoms with Crippen molar-refractivity contribution in [2.45, 2.75) is 27.7 Å². The lowest BCUT2D eigenvalue weighted by molar-refractivity contribution is 1.22. The molecule has 5 aromatic rings. The monoisotopic (exact) mass is 389 g/mol. The number of fused-ring (bicyclic) bond motifs is 3. The van der Waals surface area contributed by atoms with E-state index in [1.165, 1.54) is 54.9 Å². The summed E-state index contributed by atoms with van der Waals surface area (Å²) in [4.78, 5) is 3.98. The normalized spacial score (nSPS) is 10.7. The zero-order valence-corrected chi connectivity index (χ0v) is 18.1. The Morgan fingerprint density at radius 2 is 1.03 bits per heavy atom. The Kier molecular flexibility index (Phi) is 5.63. The summed E-state index contributed by atoms with van der Waals surface area (Å²) in [5.41, 5.74) is 7.85. The fourth-order valence-electron chi connectivity index (χ4n) is 4.22. The van der Waals surface area contributed by atoms with E-state index in [0.717, 1.165) is 0 Å². The molecule has 0 unspecified atom stereocenters.